The summed E-state index contributed by atoms with van der Waals surface area (Å²) in [6, 6.07) is 6.65. The highest BCUT2D eigenvalue weighted by Gasteiger charge is 2.34. The second-order valence-electron chi connectivity index (χ2n) is 6.43. The van der Waals surface area contributed by atoms with E-state index in [2.05, 4.69) is 30.7 Å². The first-order valence-corrected chi connectivity index (χ1v) is 7.38. The molecule has 2 N–H and O–H groups in total. The van der Waals surface area contributed by atoms with Gasteiger partial charge in [0.05, 0.1) is 0 Å². The molecule has 5 heteroatoms. The van der Waals surface area contributed by atoms with Crippen LogP contribution in [0.1, 0.15) is 37.4 Å². The van der Waals surface area contributed by atoms with Crippen molar-refractivity contribution in [1.29, 1.82) is 0 Å². The van der Waals surface area contributed by atoms with E-state index in [-0.39, 0.29) is 17.1 Å². The third-order valence-corrected chi connectivity index (χ3v) is 4.56. The van der Waals surface area contributed by atoms with Crippen molar-refractivity contribution in [2.45, 2.75) is 31.9 Å². The lowest BCUT2D eigenvalue weighted by molar-refractivity contribution is 0.0179. The van der Waals surface area contributed by atoms with Gasteiger partial charge in [-0.05, 0) is 32.5 Å². The molecule has 1 atom stereocenters. The Bertz CT molecular complexity index is 476. The molecule has 0 spiro atoms. The van der Waals surface area contributed by atoms with E-state index in [4.69, 9.17) is 5.73 Å². The SMILES string of the molecule is CN1CCN(C(CN)c2cccc(C(F)F)c2)CC1(C)C. The molecule has 0 radical (unpaired) electrons. The summed E-state index contributed by atoms with van der Waals surface area (Å²) in [7, 11) is 2.12. The number of alkyl halides is 2. The minimum Gasteiger partial charge on any atom is -0.329 e. The predicted octanol–water partition coefficient (Wildman–Crippen LogP) is 2.65. The van der Waals surface area contributed by atoms with E-state index in [9.17, 15) is 8.78 Å². The third kappa shape index (κ3) is 3.59. The van der Waals surface area contributed by atoms with Crippen LogP contribution in [0.5, 0.6) is 0 Å². The van der Waals surface area contributed by atoms with Crippen LogP contribution in [0.25, 0.3) is 0 Å². The minimum absolute atomic E-state index is 0.00308. The van der Waals surface area contributed by atoms with E-state index >= 15 is 0 Å². The van der Waals surface area contributed by atoms with E-state index in [1.165, 1.54) is 6.07 Å². The van der Waals surface area contributed by atoms with Gasteiger partial charge >= 0.3 is 0 Å². The van der Waals surface area contributed by atoms with Crippen molar-refractivity contribution in [3.63, 3.8) is 0 Å². The van der Waals surface area contributed by atoms with Crippen LogP contribution in [0.2, 0.25) is 0 Å². The fourth-order valence-electron chi connectivity index (χ4n) is 2.94. The molecule has 0 aromatic heterocycles. The third-order valence-electron chi connectivity index (χ3n) is 4.56. The first-order valence-electron chi connectivity index (χ1n) is 7.38. The minimum atomic E-state index is -2.44. The fraction of sp³-hybridized carbons (Fsp3) is 0.625. The van der Waals surface area contributed by atoms with Crippen molar-refractivity contribution in [2.75, 3.05) is 33.2 Å². The molecule has 1 heterocycles. The van der Waals surface area contributed by atoms with Gasteiger partial charge in [0.25, 0.3) is 6.43 Å². The number of nitrogens with two attached hydrogens (primary N) is 1. The maximum atomic E-state index is 12.9. The van der Waals surface area contributed by atoms with Gasteiger partial charge < -0.3 is 5.73 Å². The van der Waals surface area contributed by atoms with Gasteiger partial charge in [0.1, 0.15) is 0 Å². The highest BCUT2D eigenvalue weighted by atomic mass is 19.3. The molecule has 1 saturated heterocycles. The fourth-order valence-corrected chi connectivity index (χ4v) is 2.94. The summed E-state index contributed by atoms with van der Waals surface area (Å²) in [4.78, 5) is 4.64. The standard InChI is InChI=1S/C16H25F2N3/c1-16(2)11-21(8-7-20(16)3)14(10-19)12-5-4-6-13(9-12)15(17)18/h4-6,9,14-15H,7-8,10-11,19H2,1-3H3. The smallest absolute Gasteiger partial charge is 0.263 e. The van der Waals surface area contributed by atoms with Crippen molar-refractivity contribution < 1.29 is 8.78 Å². The number of hydrogen-bond donors (Lipinski definition) is 1. The van der Waals surface area contributed by atoms with E-state index < -0.39 is 6.43 Å². The van der Waals surface area contributed by atoms with Gasteiger partial charge in [0.2, 0.25) is 0 Å². The molecular formula is C16H25F2N3. The molecule has 2 rings (SSSR count). The summed E-state index contributed by atoms with van der Waals surface area (Å²) >= 11 is 0. The Balaban J connectivity index is 2.22. The molecule has 0 saturated carbocycles. The number of benzene rings is 1. The summed E-state index contributed by atoms with van der Waals surface area (Å²) in [5.41, 5.74) is 6.96. The number of halogens is 2. The number of nitrogens with zero attached hydrogens (tertiary/aromatic N) is 2. The van der Waals surface area contributed by atoms with Gasteiger partial charge in [0, 0.05) is 43.3 Å². The van der Waals surface area contributed by atoms with Gasteiger partial charge in [-0.25, -0.2) is 8.78 Å². The summed E-state index contributed by atoms with van der Waals surface area (Å²) in [5, 5.41) is 0. The molecule has 3 nitrogen and oxygen atoms in total. The summed E-state index contributed by atoms with van der Waals surface area (Å²) in [5.74, 6) is 0. The van der Waals surface area contributed by atoms with Crippen LogP contribution >= 0.6 is 0 Å². The average molecular weight is 297 g/mol. The lowest BCUT2D eigenvalue weighted by atomic mass is 9.95. The zero-order valence-corrected chi connectivity index (χ0v) is 13.0. The number of likely N-dealkylation sites (N-methyl/N-ethyl adjacent to an activating group) is 1. The van der Waals surface area contributed by atoms with Gasteiger partial charge in [-0.15, -0.1) is 0 Å². The number of piperazine rings is 1. The van der Waals surface area contributed by atoms with Crippen molar-refractivity contribution in [3.8, 4) is 0 Å². The number of hydrogen-bond acceptors (Lipinski definition) is 3. The lowest BCUT2D eigenvalue weighted by Gasteiger charge is -2.48. The van der Waals surface area contributed by atoms with Gasteiger partial charge in [-0.3, -0.25) is 9.80 Å². The highest BCUT2D eigenvalue weighted by Crippen LogP contribution is 2.29. The Morgan fingerprint density at radius 3 is 2.48 bits per heavy atom. The molecule has 1 aliphatic rings. The van der Waals surface area contributed by atoms with Gasteiger partial charge in [-0.1, -0.05) is 18.2 Å². The van der Waals surface area contributed by atoms with Crippen molar-refractivity contribution in [3.05, 3.63) is 35.4 Å². The van der Waals surface area contributed by atoms with Crippen LogP contribution < -0.4 is 5.73 Å². The van der Waals surface area contributed by atoms with Crippen LogP contribution in [0.15, 0.2) is 24.3 Å². The van der Waals surface area contributed by atoms with Crippen LogP contribution in [-0.4, -0.2) is 48.6 Å². The molecule has 0 amide bonds. The summed E-state index contributed by atoms with van der Waals surface area (Å²) in [6.07, 6.45) is -2.44. The largest absolute Gasteiger partial charge is 0.329 e. The molecule has 0 aliphatic carbocycles. The van der Waals surface area contributed by atoms with E-state index in [1.54, 1.807) is 12.1 Å². The maximum Gasteiger partial charge on any atom is 0.263 e. The average Bonchev–Trinajstić information content (AvgIpc) is 2.43. The zero-order valence-electron chi connectivity index (χ0n) is 13.0. The molecular weight excluding hydrogens is 272 g/mol. The normalized spacial score (nSPS) is 21.7. The van der Waals surface area contributed by atoms with Crippen molar-refractivity contribution in [1.82, 2.24) is 9.80 Å². The maximum absolute atomic E-state index is 12.9. The Morgan fingerprint density at radius 2 is 1.90 bits per heavy atom. The Labute approximate surface area is 125 Å². The second-order valence-corrected chi connectivity index (χ2v) is 6.43. The Hall–Kier alpha value is -1.04. The number of rotatable bonds is 4. The monoisotopic (exact) mass is 297 g/mol. The molecule has 1 unspecified atom stereocenters. The Kier molecular flexibility index (Phi) is 4.96. The van der Waals surface area contributed by atoms with Crippen LogP contribution in [0.3, 0.4) is 0 Å². The van der Waals surface area contributed by atoms with Crippen molar-refractivity contribution in [2.24, 2.45) is 5.73 Å². The molecule has 118 valence electrons. The zero-order chi connectivity index (χ0) is 15.6. The predicted molar refractivity (Wildman–Crippen MR) is 81.5 cm³/mol. The van der Waals surface area contributed by atoms with Gasteiger partial charge in [0.15, 0.2) is 0 Å². The van der Waals surface area contributed by atoms with E-state index in [1.807, 2.05) is 6.07 Å². The summed E-state index contributed by atoms with van der Waals surface area (Å²) in [6.45, 7) is 7.57. The molecule has 1 aromatic carbocycles. The van der Waals surface area contributed by atoms with Crippen LogP contribution in [-0.2, 0) is 0 Å². The summed E-state index contributed by atoms with van der Waals surface area (Å²) < 4.78 is 25.8. The molecule has 21 heavy (non-hydrogen) atoms. The van der Waals surface area contributed by atoms with Crippen LogP contribution in [0.4, 0.5) is 8.78 Å². The second kappa shape index (κ2) is 6.38. The quantitative estimate of drug-likeness (QED) is 0.927. The molecule has 1 aromatic rings. The highest BCUT2D eigenvalue weighted by molar-refractivity contribution is 5.27. The van der Waals surface area contributed by atoms with E-state index in [0.717, 1.165) is 25.2 Å². The topological polar surface area (TPSA) is 32.5 Å². The van der Waals surface area contributed by atoms with E-state index in [0.29, 0.717) is 6.54 Å². The van der Waals surface area contributed by atoms with Gasteiger partial charge in [-0.2, -0.15) is 0 Å². The van der Waals surface area contributed by atoms with Crippen LogP contribution in [0, 0.1) is 0 Å². The molecule has 1 aliphatic heterocycles. The van der Waals surface area contributed by atoms with Crippen molar-refractivity contribution >= 4 is 0 Å². The molecule has 1 fully saturated rings. The first-order chi connectivity index (χ1) is 9.85. The Morgan fingerprint density at radius 1 is 1.24 bits per heavy atom. The lowest BCUT2D eigenvalue weighted by Crippen LogP contribution is -2.58. The molecule has 0 bridgehead atoms. The first kappa shape index (κ1) is 16.3.